The van der Waals surface area contributed by atoms with E-state index < -0.39 is 92.1 Å². The first kappa shape index (κ1) is 48.9. The zero-order valence-corrected chi connectivity index (χ0v) is 36.9. The van der Waals surface area contributed by atoms with Gasteiger partial charge in [-0.2, -0.15) is 76.4 Å². The molecule has 0 unspecified atom stereocenters. The third kappa shape index (κ3) is 8.18. The minimum atomic E-state index is -5.33. The lowest BCUT2D eigenvalue weighted by Gasteiger charge is -2.22. The fraction of sp³-hybridized carbons (Fsp3) is 0.0909. The molecule has 0 amide bonds. The van der Waals surface area contributed by atoms with Gasteiger partial charge in [0.25, 0.3) is 0 Å². The number of hydrogen-bond acceptors (Lipinski definition) is 2. The Morgan fingerprint density at radius 1 is 0.324 bits per heavy atom. The summed E-state index contributed by atoms with van der Waals surface area (Å²) in [6, 6.07) is 31.4. The highest BCUT2D eigenvalue weighted by molar-refractivity contribution is 6.13. The maximum Gasteiger partial charge on any atom is 0.417 e. The zero-order valence-electron chi connectivity index (χ0n) is 36.9. The summed E-state index contributed by atoms with van der Waals surface area (Å²) in [6.07, 6.45) is -26.1. The Labute approximate surface area is 406 Å². The number of para-hydroxylation sites is 2. The van der Waals surface area contributed by atoms with E-state index in [1.807, 2.05) is 6.07 Å². The molecular weight excluding hydrogens is 1000 g/mol. The summed E-state index contributed by atoms with van der Waals surface area (Å²) in [5, 5.41) is 22.6. The van der Waals surface area contributed by atoms with Crippen LogP contribution < -0.4 is 0 Å². The van der Waals surface area contributed by atoms with E-state index >= 15 is 13.2 Å². The Kier molecular flexibility index (Phi) is 11.2. The lowest BCUT2D eigenvalue weighted by molar-refractivity contribution is -0.144. The molecule has 0 bridgehead atoms. The van der Waals surface area contributed by atoms with Crippen LogP contribution in [0.1, 0.15) is 38.9 Å². The number of aromatic nitrogens is 2. The summed E-state index contributed by atoms with van der Waals surface area (Å²) in [5.74, 6) is 0. The topological polar surface area (TPSA) is 57.4 Å². The van der Waals surface area contributed by atoms with Crippen LogP contribution in [-0.2, 0) is 30.9 Å². The molecule has 4 nitrogen and oxygen atoms in total. The van der Waals surface area contributed by atoms with Gasteiger partial charge in [0.15, 0.2) is 0 Å². The number of nitrogens with zero attached hydrogens (tertiary/aromatic N) is 4. The third-order valence-corrected chi connectivity index (χ3v) is 12.8. The van der Waals surface area contributed by atoms with Crippen molar-refractivity contribution in [2.24, 2.45) is 0 Å². The van der Waals surface area contributed by atoms with E-state index in [0.29, 0.717) is 51.9 Å². The van der Waals surface area contributed by atoms with Crippen molar-refractivity contribution >= 4 is 43.6 Å². The standard InChI is InChI=1S/C55H25F15N4/c56-51(57,58)32-14-18-34(42(23-32)54(65,66)67)28-12-16-38-36-7-1-3-10-44(36)73(46(38)20-28)48-22-31(27-72)40(50-30(26-71)6-5-9-41(50)53(62,63)64)25-49(48)74-45-11-4-2-8-37(45)39-17-13-29(21-47(39)74)35-19-15-33(52(59,60)61)24-43(35)55(68,69)70/h1-25H. The minimum absolute atomic E-state index is 0.0271. The van der Waals surface area contributed by atoms with Gasteiger partial charge in [0.1, 0.15) is 0 Å². The second-order valence-corrected chi connectivity index (χ2v) is 17.0. The van der Waals surface area contributed by atoms with E-state index in [1.165, 1.54) is 51.6 Å². The zero-order chi connectivity index (χ0) is 53.0. The van der Waals surface area contributed by atoms with Crippen molar-refractivity contribution in [2.45, 2.75) is 30.9 Å². The van der Waals surface area contributed by atoms with E-state index in [1.54, 1.807) is 54.6 Å². The maximum atomic E-state index is 15.0. The van der Waals surface area contributed by atoms with Crippen molar-refractivity contribution in [1.29, 1.82) is 10.5 Å². The molecule has 74 heavy (non-hydrogen) atoms. The quantitative estimate of drug-likeness (QED) is 0.161. The molecule has 0 aliphatic rings. The van der Waals surface area contributed by atoms with E-state index in [-0.39, 0.29) is 56.7 Å². The van der Waals surface area contributed by atoms with Gasteiger partial charge in [-0.05, 0) is 95.1 Å². The lowest BCUT2D eigenvalue weighted by Crippen LogP contribution is -2.12. The fourth-order valence-electron chi connectivity index (χ4n) is 9.62. The van der Waals surface area contributed by atoms with Crippen LogP contribution >= 0.6 is 0 Å². The molecular formula is C55H25F15N4. The van der Waals surface area contributed by atoms with E-state index in [2.05, 4.69) is 0 Å². The van der Waals surface area contributed by atoms with Gasteiger partial charge in [-0.15, -0.1) is 0 Å². The van der Waals surface area contributed by atoms with Crippen LogP contribution in [0.5, 0.6) is 0 Å². The molecule has 0 fully saturated rings. The fourth-order valence-corrected chi connectivity index (χ4v) is 9.62. The van der Waals surface area contributed by atoms with Crippen molar-refractivity contribution in [2.75, 3.05) is 0 Å². The normalized spacial score (nSPS) is 12.8. The Morgan fingerprint density at radius 3 is 1.16 bits per heavy atom. The largest absolute Gasteiger partial charge is 0.417 e. The molecule has 2 heterocycles. The number of rotatable bonds is 5. The number of benzene rings is 8. The predicted octanol–water partition coefficient (Wildman–Crippen LogP) is 17.7. The number of fused-ring (bicyclic) bond motifs is 6. The van der Waals surface area contributed by atoms with Crippen LogP contribution in [0.15, 0.2) is 152 Å². The van der Waals surface area contributed by atoms with Crippen LogP contribution in [-0.4, -0.2) is 9.13 Å². The molecule has 0 saturated carbocycles. The minimum Gasteiger partial charge on any atom is -0.307 e. The highest BCUT2D eigenvalue weighted by atomic mass is 19.4. The summed E-state index contributed by atoms with van der Waals surface area (Å²) in [5.41, 5.74) is -11.4. The van der Waals surface area contributed by atoms with E-state index in [0.717, 1.165) is 18.2 Å². The first-order valence-electron chi connectivity index (χ1n) is 21.6. The molecule has 0 spiro atoms. The summed E-state index contributed by atoms with van der Waals surface area (Å²) in [4.78, 5) is 0. The Balaban J connectivity index is 1.37. The van der Waals surface area contributed by atoms with Crippen molar-refractivity contribution in [3.8, 4) is 56.9 Å². The first-order valence-corrected chi connectivity index (χ1v) is 21.6. The number of halogens is 15. The van der Waals surface area contributed by atoms with Crippen LogP contribution in [0.2, 0.25) is 0 Å². The van der Waals surface area contributed by atoms with E-state index in [9.17, 15) is 63.2 Å². The van der Waals surface area contributed by atoms with Gasteiger partial charge in [-0.1, -0.05) is 78.9 Å². The molecule has 0 atom stereocenters. The predicted molar refractivity (Wildman–Crippen MR) is 246 cm³/mol. The van der Waals surface area contributed by atoms with Crippen LogP contribution in [0.3, 0.4) is 0 Å². The maximum absolute atomic E-state index is 15.0. The van der Waals surface area contributed by atoms with Crippen molar-refractivity contribution in [1.82, 2.24) is 9.13 Å². The van der Waals surface area contributed by atoms with Crippen molar-refractivity contribution in [3.63, 3.8) is 0 Å². The second kappa shape index (κ2) is 16.9. The Hall–Kier alpha value is -8.71. The number of nitriles is 2. The van der Waals surface area contributed by atoms with Gasteiger partial charge in [-0.3, -0.25) is 0 Å². The molecule has 0 saturated heterocycles. The van der Waals surface area contributed by atoms with Crippen molar-refractivity contribution in [3.05, 3.63) is 191 Å². The summed E-state index contributed by atoms with van der Waals surface area (Å²) < 4.78 is 219. The Bertz CT molecular complexity index is 4040. The molecule has 2 aromatic heterocycles. The third-order valence-electron chi connectivity index (χ3n) is 12.8. The van der Waals surface area contributed by atoms with Gasteiger partial charge in [-0.25, -0.2) is 0 Å². The lowest BCUT2D eigenvalue weighted by atomic mass is 9.90. The molecule has 10 aromatic rings. The van der Waals surface area contributed by atoms with Gasteiger partial charge in [0.2, 0.25) is 0 Å². The number of alkyl halides is 15. The molecule has 0 N–H and O–H groups in total. The molecule has 370 valence electrons. The van der Waals surface area contributed by atoms with Crippen LogP contribution in [0, 0.1) is 22.7 Å². The molecule has 10 rings (SSSR count). The summed E-state index contributed by atoms with van der Waals surface area (Å²) in [7, 11) is 0. The first-order chi connectivity index (χ1) is 34.8. The average Bonchev–Trinajstić information content (AvgIpc) is 3.86. The van der Waals surface area contributed by atoms with Gasteiger partial charge in [0, 0.05) is 32.7 Å². The highest BCUT2D eigenvalue weighted by Gasteiger charge is 2.41. The van der Waals surface area contributed by atoms with Gasteiger partial charge < -0.3 is 9.13 Å². The van der Waals surface area contributed by atoms with Crippen LogP contribution in [0.25, 0.3) is 88.4 Å². The number of hydrogen-bond donors (Lipinski definition) is 0. The molecule has 19 heteroatoms. The van der Waals surface area contributed by atoms with Gasteiger partial charge >= 0.3 is 30.9 Å². The van der Waals surface area contributed by atoms with Gasteiger partial charge in [0.05, 0.1) is 84.5 Å². The van der Waals surface area contributed by atoms with E-state index in [4.69, 9.17) is 0 Å². The molecule has 0 aliphatic heterocycles. The van der Waals surface area contributed by atoms with Crippen molar-refractivity contribution < 1.29 is 65.9 Å². The smallest absolute Gasteiger partial charge is 0.307 e. The summed E-state index contributed by atoms with van der Waals surface area (Å²) >= 11 is 0. The van der Waals surface area contributed by atoms with Crippen LogP contribution in [0.4, 0.5) is 65.9 Å². The highest BCUT2D eigenvalue weighted by Crippen LogP contribution is 2.48. The SMILES string of the molecule is N#Cc1cc(-n2c3ccccc3c3ccc(-c4ccc(C(F)(F)F)cc4C(F)(F)F)cc32)c(-n2c3ccccc3c3ccc(-c4ccc(C(F)(F)F)cc4C(F)(F)F)cc32)cc1-c1c(C#N)cccc1C(F)(F)F. The molecule has 8 aromatic carbocycles. The Morgan fingerprint density at radius 2 is 0.743 bits per heavy atom. The second-order valence-electron chi connectivity index (χ2n) is 17.0. The average molecular weight is 1030 g/mol. The summed E-state index contributed by atoms with van der Waals surface area (Å²) in [6.45, 7) is 0. The molecule has 0 radical (unpaired) electrons. The molecule has 0 aliphatic carbocycles. The monoisotopic (exact) mass is 1030 g/mol.